The first-order valence-electron chi connectivity index (χ1n) is 6.36. The molecule has 0 aliphatic heterocycles. The Morgan fingerprint density at radius 3 is 2.48 bits per heavy atom. The van der Waals surface area contributed by atoms with Gasteiger partial charge in [-0.2, -0.15) is 0 Å². The Balaban J connectivity index is 2.74. The Labute approximate surface area is 122 Å². The average molecular weight is 297 g/mol. The topological polar surface area (TPSA) is 105 Å². The van der Waals surface area contributed by atoms with Crippen LogP contribution in [0, 0.1) is 0 Å². The average Bonchev–Trinajstić information content (AvgIpc) is 2.46. The molecule has 7 heteroatoms. The number of aliphatic carboxylic acids is 2. The Morgan fingerprint density at radius 2 is 1.95 bits per heavy atom. The maximum atomic E-state index is 11.1. The molecule has 116 valence electrons. The van der Waals surface area contributed by atoms with E-state index in [9.17, 15) is 9.59 Å². The molecule has 0 bridgehead atoms. The first-order valence-corrected chi connectivity index (χ1v) is 6.36. The highest BCUT2D eigenvalue weighted by Gasteiger charge is 2.18. The number of hydrogen-bond donors (Lipinski definition) is 3. The van der Waals surface area contributed by atoms with E-state index in [4.69, 9.17) is 19.7 Å². The molecule has 0 fully saturated rings. The summed E-state index contributed by atoms with van der Waals surface area (Å²) >= 11 is 0. The monoisotopic (exact) mass is 297 g/mol. The third-order valence-electron chi connectivity index (χ3n) is 2.97. The minimum absolute atomic E-state index is 0.0109. The molecule has 0 aliphatic rings. The van der Waals surface area contributed by atoms with Crippen molar-refractivity contribution in [3.05, 3.63) is 23.8 Å². The molecular formula is C14H19NO6. The van der Waals surface area contributed by atoms with E-state index < -0.39 is 18.0 Å². The predicted octanol–water partition coefficient (Wildman–Crippen LogP) is 1.11. The first kappa shape index (κ1) is 16.8. The van der Waals surface area contributed by atoms with Crippen LogP contribution in [0.25, 0.3) is 0 Å². The zero-order chi connectivity index (χ0) is 15.8. The number of methoxy groups -OCH3 is 2. The summed E-state index contributed by atoms with van der Waals surface area (Å²) in [5.74, 6) is -0.879. The van der Waals surface area contributed by atoms with Crippen molar-refractivity contribution in [1.82, 2.24) is 5.32 Å². The van der Waals surface area contributed by atoms with Crippen LogP contribution in [0.3, 0.4) is 0 Å². The van der Waals surface area contributed by atoms with Crippen LogP contribution < -0.4 is 14.8 Å². The maximum Gasteiger partial charge on any atom is 0.320 e. The molecule has 0 spiro atoms. The number of rotatable bonds is 9. The van der Waals surface area contributed by atoms with Crippen LogP contribution in [0.2, 0.25) is 0 Å². The largest absolute Gasteiger partial charge is 0.497 e. The van der Waals surface area contributed by atoms with Crippen LogP contribution in [0.4, 0.5) is 0 Å². The fourth-order valence-electron chi connectivity index (χ4n) is 1.83. The molecule has 1 rings (SSSR count). The van der Waals surface area contributed by atoms with Crippen molar-refractivity contribution in [2.75, 3.05) is 14.2 Å². The number of hydrogen-bond acceptors (Lipinski definition) is 5. The molecule has 1 aromatic carbocycles. The second-order valence-corrected chi connectivity index (χ2v) is 4.38. The van der Waals surface area contributed by atoms with Gasteiger partial charge in [0.2, 0.25) is 0 Å². The summed E-state index contributed by atoms with van der Waals surface area (Å²) in [6.45, 7) is 0.233. The lowest BCUT2D eigenvalue weighted by Gasteiger charge is -2.15. The number of carboxylic acid groups (broad SMARTS) is 2. The van der Waals surface area contributed by atoms with E-state index in [0.29, 0.717) is 11.5 Å². The standard InChI is InChI=1S/C14H19NO6/c1-20-10-3-5-12(21-2)9(7-10)8-15-11(14(18)19)4-6-13(16)17/h3,5,7,11,15H,4,6,8H2,1-2H3,(H,16,17)(H,18,19)/t11-/m0/s1. The summed E-state index contributed by atoms with van der Waals surface area (Å²) in [5, 5.41) is 20.5. The zero-order valence-electron chi connectivity index (χ0n) is 12.0. The lowest BCUT2D eigenvalue weighted by atomic mass is 10.1. The lowest BCUT2D eigenvalue weighted by Crippen LogP contribution is -2.36. The van der Waals surface area contributed by atoms with Crippen molar-refractivity contribution in [3.8, 4) is 11.5 Å². The molecule has 3 N–H and O–H groups in total. The molecule has 0 aromatic heterocycles. The third kappa shape index (κ3) is 5.31. The van der Waals surface area contributed by atoms with Gasteiger partial charge in [0.25, 0.3) is 0 Å². The Hall–Kier alpha value is -2.28. The predicted molar refractivity (Wildman–Crippen MR) is 74.7 cm³/mol. The number of nitrogens with one attached hydrogen (secondary N) is 1. The number of carboxylic acids is 2. The third-order valence-corrected chi connectivity index (χ3v) is 2.97. The minimum Gasteiger partial charge on any atom is -0.497 e. The van der Waals surface area contributed by atoms with Gasteiger partial charge in [-0.15, -0.1) is 0 Å². The number of carbonyl (C=O) groups is 2. The second-order valence-electron chi connectivity index (χ2n) is 4.38. The second kappa shape index (κ2) is 8.11. The van der Waals surface area contributed by atoms with E-state index in [-0.39, 0.29) is 19.4 Å². The van der Waals surface area contributed by atoms with Crippen LogP contribution in [0.5, 0.6) is 11.5 Å². The van der Waals surface area contributed by atoms with Crippen molar-refractivity contribution in [3.63, 3.8) is 0 Å². The summed E-state index contributed by atoms with van der Waals surface area (Å²) in [7, 11) is 3.05. The van der Waals surface area contributed by atoms with Crippen molar-refractivity contribution in [1.29, 1.82) is 0 Å². The molecular weight excluding hydrogens is 278 g/mol. The molecule has 0 heterocycles. The summed E-state index contributed by atoms with van der Waals surface area (Å²) in [6.07, 6.45) is -0.198. The van der Waals surface area contributed by atoms with E-state index in [1.54, 1.807) is 18.2 Å². The molecule has 0 aliphatic carbocycles. The van der Waals surface area contributed by atoms with E-state index >= 15 is 0 Å². The van der Waals surface area contributed by atoms with Gasteiger partial charge in [0, 0.05) is 18.5 Å². The van der Waals surface area contributed by atoms with Gasteiger partial charge in [-0.1, -0.05) is 0 Å². The maximum absolute atomic E-state index is 11.1. The zero-order valence-corrected chi connectivity index (χ0v) is 12.0. The fourth-order valence-corrected chi connectivity index (χ4v) is 1.83. The fraction of sp³-hybridized carbons (Fsp3) is 0.429. The minimum atomic E-state index is -1.09. The van der Waals surface area contributed by atoms with E-state index in [2.05, 4.69) is 5.32 Å². The van der Waals surface area contributed by atoms with Gasteiger partial charge in [0.1, 0.15) is 17.5 Å². The quantitative estimate of drug-likeness (QED) is 0.627. The molecule has 0 saturated carbocycles. The van der Waals surface area contributed by atoms with Gasteiger partial charge in [-0.3, -0.25) is 9.59 Å². The lowest BCUT2D eigenvalue weighted by molar-refractivity contribution is -0.140. The summed E-state index contributed by atoms with van der Waals surface area (Å²) in [5.41, 5.74) is 0.735. The molecule has 1 aromatic rings. The van der Waals surface area contributed by atoms with Gasteiger partial charge in [0.05, 0.1) is 14.2 Å². The van der Waals surface area contributed by atoms with Crippen LogP contribution in [-0.4, -0.2) is 42.4 Å². The Bertz CT molecular complexity index is 502. The van der Waals surface area contributed by atoms with Crippen molar-refractivity contribution in [2.45, 2.75) is 25.4 Å². The smallest absolute Gasteiger partial charge is 0.320 e. The first-order chi connectivity index (χ1) is 9.97. The van der Waals surface area contributed by atoms with Crippen LogP contribution in [0.15, 0.2) is 18.2 Å². The van der Waals surface area contributed by atoms with Crippen molar-refractivity contribution >= 4 is 11.9 Å². The molecule has 1 atom stereocenters. The van der Waals surface area contributed by atoms with E-state index in [0.717, 1.165) is 5.56 Å². The SMILES string of the molecule is COc1ccc(OC)c(CN[C@@H](CCC(=O)O)C(=O)O)c1. The summed E-state index contributed by atoms with van der Waals surface area (Å²) in [4.78, 5) is 21.6. The van der Waals surface area contributed by atoms with Gasteiger partial charge in [0.15, 0.2) is 0 Å². The highest BCUT2D eigenvalue weighted by atomic mass is 16.5. The van der Waals surface area contributed by atoms with E-state index in [1.807, 2.05) is 0 Å². The molecule has 21 heavy (non-hydrogen) atoms. The summed E-state index contributed by atoms with van der Waals surface area (Å²) in [6, 6.07) is 4.27. The van der Waals surface area contributed by atoms with Gasteiger partial charge >= 0.3 is 11.9 Å². The molecule has 0 saturated heterocycles. The summed E-state index contributed by atoms with van der Waals surface area (Å²) < 4.78 is 10.3. The molecule has 0 unspecified atom stereocenters. The van der Waals surface area contributed by atoms with Gasteiger partial charge < -0.3 is 25.0 Å². The Kier molecular flexibility index (Phi) is 6.48. The molecule has 0 radical (unpaired) electrons. The highest BCUT2D eigenvalue weighted by Crippen LogP contribution is 2.23. The van der Waals surface area contributed by atoms with Gasteiger partial charge in [-0.25, -0.2) is 0 Å². The van der Waals surface area contributed by atoms with Crippen molar-refractivity contribution in [2.24, 2.45) is 0 Å². The van der Waals surface area contributed by atoms with Crippen LogP contribution in [0.1, 0.15) is 18.4 Å². The van der Waals surface area contributed by atoms with Crippen LogP contribution >= 0.6 is 0 Å². The van der Waals surface area contributed by atoms with Gasteiger partial charge in [-0.05, 0) is 24.6 Å². The van der Waals surface area contributed by atoms with Crippen LogP contribution in [-0.2, 0) is 16.1 Å². The highest BCUT2D eigenvalue weighted by molar-refractivity contribution is 5.75. The van der Waals surface area contributed by atoms with E-state index in [1.165, 1.54) is 14.2 Å². The number of benzene rings is 1. The Morgan fingerprint density at radius 1 is 1.24 bits per heavy atom. The van der Waals surface area contributed by atoms with Crippen molar-refractivity contribution < 1.29 is 29.3 Å². The number of ether oxygens (including phenoxy) is 2. The molecule has 7 nitrogen and oxygen atoms in total. The molecule has 0 amide bonds. The normalized spacial score (nSPS) is 11.7.